The number of carbonyl (C=O) groups is 2. The number of hydrogen-bond acceptors (Lipinski definition) is 6. The fourth-order valence-electron chi connectivity index (χ4n) is 2.51. The van der Waals surface area contributed by atoms with Crippen molar-refractivity contribution in [2.45, 2.75) is 18.8 Å². The second-order valence-corrected chi connectivity index (χ2v) is 6.61. The van der Waals surface area contributed by atoms with Gasteiger partial charge in [0.25, 0.3) is 5.91 Å². The van der Waals surface area contributed by atoms with E-state index in [-0.39, 0.29) is 18.1 Å². The highest BCUT2D eigenvalue weighted by molar-refractivity contribution is 6.33. The second kappa shape index (κ2) is 9.47. The Morgan fingerprint density at radius 1 is 1.23 bits per heavy atom. The summed E-state index contributed by atoms with van der Waals surface area (Å²) in [5.41, 5.74) is 3.45. The van der Waals surface area contributed by atoms with E-state index in [0.717, 1.165) is 12.1 Å². The van der Waals surface area contributed by atoms with E-state index < -0.39 is 30.0 Å². The lowest BCUT2D eigenvalue weighted by Gasteiger charge is -2.10. The lowest BCUT2D eigenvalue weighted by Crippen LogP contribution is -2.35. The average Bonchev–Trinajstić information content (AvgIpc) is 3.03. The van der Waals surface area contributed by atoms with Crippen LogP contribution in [0.3, 0.4) is 0 Å². The Labute approximate surface area is 179 Å². The van der Waals surface area contributed by atoms with Gasteiger partial charge in [0.05, 0.1) is 12.6 Å². The zero-order valence-corrected chi connectivity index (χ0v) is 16.4. The quantitative estimate of drug-likeness (QED) is 0.462. The minimum atomic E-state index is -4.80. The van der Waals surface area contributed by atoms with Gasteiger partial charge >= 0.3 is 6.36 Å². The van der Waals surface area contributed by atoms with Crippen molar-refractivity contribution in [3.05, 3.63) is 59.1 Å². The third-order valence-corrected chi connectivity index (χ3v) is 4.20. The Balaban J connectivity index is 1.52. The standard InChI is InChI=1S/C19H15ClF3N5O3/c20-14-4-2-1-3-11(14)10-24-28-18-26-15(17(30)27-18)9-16(29)25-12-5-7-13(8-6-12)31-19(21,22)23/h1-8,10,15H,9H2,(H,25,29)(H2,26,27,28,30). The molecular formula is C19H15ClF3N5O3. The lowest BCUT2D eigenvalue weighted by atomic mass is 10.2. The van der Waals surface area contributed by atoms with Crippen LogP contribution in [0.15, 0.2) is 58.6 Å². The third-order valence-electron chi connectivity index (χ3n) is 3.86. The molecule has 0 saturated carbocycles. The molecule has 2 amide bonds. The first-order valence-corrected chi connectivity index (χ1v) is 9.15. The predicted octanol–water partition coefficient (Wildman–Crippen LogP) is 3.05. The maximum Gasteiger partial charge on any atom is 0.573 e. The molecule has 3 N–H and O–H groups in total. The summed E-state index contributed by atoms with van der Waals surface area (Å²) >= 11 is 6.01. The molecule has 0 spiro atoms. The van der Waals surface area contributed by atoms with Crippen LogP contribution < -0.4 is 20.8 Å². The topological polar surface area (TPSA) is 104 Å². The largest absolute Gasteiger partial charge is 0.573 e. The number of benzene rings is 2. The highest BCUT2D eigenvalue weighted by atomic mass is 35.5. The van der Waals surface area contributed by atoms with Crippen LogP contribution in [-0.4, -0.2) is 36.4 Å². The minimum absolute atomic E-state index is 0.0692. The molecule has 31 heavy (non-hydrogen) atoms. The van der Waals surface area contributed by atoms with E-state index in [1.807, 2.05) is 0 Å². The number of anilines is 1. The summed E-state index contributed by atoms with van der Waals surface area (Å²) in [6.45, 7) is 0. The first-order chi connectivity index (χ1) is 14.7. The van der Waals surface area contributed by atoms with E-state index in [2.05, 4.69) is 30.9 Å². The number of aliphatic imine (C=N–C) groups is 1. The van der Waals surface area contributed by atoms with Crippen LogP contribution in [0.25, 0.3) is 0 Å². The number of nitrogens with one attached hydrogen (secondary N) is 3. The Morgan fingerprint density at radius 2 is 1.94 bits per heavy atom. The highest BCUT2D eigenvalue weighted by Gasteiger charge is 2.31. The molecule has 1 aliphatic rings. The molecule has 162 valence electrons. The van der Waals surface area contributed by atoms with Crippen molar-refractivity contribution in [3.63, 3.8) is 0 Å². The third kappa shape index (κ3) is 6.71. The number of hydrazone groups is 1. The van der Waals surface area contributed by atoms with Gasteiger partial charge < -0.3 is 10.1 Å². The summed E-state index contributed by atoms with van der Waals surface area (Å²) in [5.74, 6) is -1.40. The molecule has 1 aliphatic heterocycles. The second-order valence-electron chi connectivity index (χ2n) is 6.20. The number of alkyl halides is 3. The molecule has 0 bridgehead atoms. The molecule has 0 radical (unpaired) electrons. The summed E-state index contributed by atoms with van der Waals surface area (Å²) < 4.78 is 40.3. The maximum atomic E-state index is 12.2. The number of rotatable bonds is 6. The van der Waals surface area contributed by atoms with Crippen LogP contribution in [-0.2, 0) is 9.59 Å². The minimum Gasteiger partial charge on any atom is -0.406 e. The molecule has 1 atom stereocenters. The van der Waals surface area contributed by atoms with Gasteiger partial charge in [-0.15, -0.1) is 13.2 Å². The van der Waals surface area contributed by atoms with E-state index in [1.54, 1.807) is 24.3 Å². The zero-order valence-electron chi connectivity index (χ0n) is 15.6. The van der Waals surface area contributed by atoms with Gasteiger partial charge in [-0.25, -0.2) is 10.4 Å². The summed E-state index contributed by atoms with van der Waals surface area (Å²) in [6, 6.07) is 10.6. The average molecular weight is 454 g/mol. The number of carbonyl (C=O) groups excluding carboxylic acids is 2. The van der Waals surface area contributed by atoms with Crippen molar-refractivity contribution in [1.29, 1.82) is 0 Å². The first kappa shape index (κ1) is 22.1. The summed E-state index contributed by atoms with van der Waals surface area (Å²) in [5, 5.41) is 9.36. The van der Waals surface area contributed by atoms with Crippen molar-refractivity contribution in [2.24, 2.45) is 10.1 Å². The molecule has 0 aromatic heterocycles. The van der Waals surface area contributed by atoms with Gasteiger partial charge in [-0.05, 0) is 30.3 Å². The van der Waals surface area contributed by atoms with Crippen molar-refractivity contribution in [3.8, 4) is 5.75 Å². The fraction of sp³-hybridized carbons (Fsp3) is 0.158. The van der Waals surface area contributed by atoms with Gasteiger partial charge in [-0.1, -0.05) is 29.8 Å². The van der Waals surface area contributed by atoms with E-state index in [9.17, 15) is 22.8 Å². The first-order valence-electron chi connectivity index (χ1n) is 8.77. The molecular weight excluding hydrogens is 439 g/mol. The van der Waals surface area contributed by atoms with E-state index in [1.165, 1.54) is 18.3 Å². The molecule has 1 unspecified atom stereocenters. The summed E-state index contributed by atoms with van der Waals surface area (Å²) in [6.07, 6.45) is -3.63. The Bertz CT molecular complexity index is 1030. The van der Waals surface area contributed by atoms with Crippen LogP contribution in [0.4, 0.5) is 18.9 Å². The summed E-state index contributed by atoms with van der Waals surface area (Å²) in [4.78, 5) is 28.2. The molecule has 8 nitrogen and oxygen atoms in total. The highest BCUT2D eigenvalue weighted by Crippen LogP contribution is 2.24. The number of nitrogens with zero attached hydrogens (tertiary/aromatic N) is 2. The predicted molar refractivity (Wildman–Crippen MR) is 108 cm³/mol. The van der Waals surface area contributed by atoms with Crippen molar-refractivity contribution in [1.82, 2.24) is 10.7 Å². The smallest absolute Gasteiger partial charge is 0.406 e. The van der Waals surface area contributed by atoms with Crippen molar-refractivity contribution >= 4 is 41.3 Å². The monoisotopic (exact) mass is 453 g/mol. The normalized spacial score (nSPS) is 16.1. The lowest BCUT2D eigenvalue weighted by molar-refractivity contribution is -0.274. The van der Waals surface area contributed by atoms with Crippen molar-refractivity contribution in [2.75, 3.05) is 5.32 Å². The Hall–Kier alpha value is -3.60. The molecule has 0 saturated heterocycles. The van der Waals surface area contributed by atoms with Crippen molar-refractivity contribution < 1.29 is 27.5 Å². The summed E-state index contributed by atoms with van der Waals surface area (Å²) in [7, 11) is 0. The maximum absolute atomic E-state index is 12.2. The molecule has 0 aliphatic carbocycles. The Kier molecular flexibility index (Phi) is 6.75. The van der Waals surface area contributed by atoms with E-state index >= 15 is 0 Å². The van der Waals surface area contributed by atoms with Crippen LogP contribution in [0.5, 0.6) is 5.75 Å². The molecule has 3 rings (SSSR count). The van der Waals surface area contributed by atoms with Gasteiger partial charge in [0.1, 0.15) is 11.8 Å². The Morgan fingerprint density at radius 3 is 2.61 bits per heavy atom. The number of halogens is 4. The van der Waals surface area contributed by atoms with Crippen LogP contribution in [0, 0.1) is 0 Å². The SMILES string of the molecule is O=C(CC1N=C(NN=Cc2ccccc2Cl)NC1=O)Nc1ccc(OC(F)(F)F)cc1. The van der Waals surface area contributed by atoms with Gasteiger partial charge in [0, 0.05) is 16.3 Å². The van der Waals surface area contributed by atoms with Crippen LogP contribution in [0.2, 0.25) is 5.02 Å². The van der Waals surface area contributed by atoms with E-state index in [0.29, 0.717) is 10.6 Å². The zero-order chi connectivity index (χ0) is 22.4. The molecule has 1 heterocycles. The van der Waals surface area contributed by atoms with Crippen LogP contribution in [0.1, 0.15) is 12.0 Å². The molecule has 2 aromatic carbocycles. The number of guanidine groups is 1. The van der Waals surface area contributed by atoms with E-state index in [4.69, 9.17) is 11.6 Å². The van der Waals surface area contributed by atoms with Gasteiger partial charge in [-0.3, -0.25) is 14.9 Å². The number of ether oxygens (including phenoxy) is 1. The van der Waals surface area contributed by atoms with Gasteiger partial charge in [0.15, 0.2) is 0 Å². The van der Waals surface area contributed by atoms with Gasteiger partial charge in [-0.2, -0.15) is 5.10 Å². The molecule has 2 aromatic rings. The fourth-order valence-corrected chi connectivity index (χ4v) is 2.70. The molecule has 12 heteroatoms. The number of amides is 2. The number of hydrogen-bond donors (Lipinski definition) is 3. The van der Waals surface area contributed by atoms with Gasteiger partial charge in [0.2, 0.25) is 11.9 Å². The molecule has 0 fully saturated rings. The van der Waals surface area contributed by atoms with Crippen LogP contribution >= 0.6 is 11.6 Å².